The summed E-state index contributed by atoms with van der Waals surface area (Å²) in [4.78, 5) is 18.5. The van der Waals surface area contributed by atoms with Gasteiger partial charge in [0.2, 0.25) is 5.91 Å². The van der Waals surface area contributed by atoms with Crippen LogP contribution >= 0.6 is 24.0 Å². The third kappa shape index (κ3) is 8.20. The molecule has 6 heteroatoms. The molecular weight excluding hydrogens is 415 g/mol. The highest BCUT2D eigenvalue weighted by atomic mass is 127. The maximum Gasteiger partial charge on any atom is 0.246 e. The number of hydrogen-bond acceptors (Lipinski definition) is 2. The largest absolute Gasteiger partial charge is 0.357 e. The summed E-state index contributed by atoms with van der Waals surface area (Å²) in [7, 11) is 1.98. The molecule has 0 aliphatic rings. The Labute approximate surface area is 162 Å². The molecule has 0 aliphatic carbocycles. The molecule has 0 spiro atoms. The van der Waals surface area contributed by atoms with Crippen LogP contribution in [0.4, 0.5) is 5.69 Å². The number of terminal acetylenes is 1. The second-order valence-corrected chi connectivity index (χ2v) is 5.22. The molecule has 2 N–H and O–H groups in total. The zero-order valence-corrected chi connectivity index (χ0v) is 17.0. The van der Waals surface area contributed by atoms with E-state index < -0.39 is 0 Å². The Kier molecular flexibility index (Phi) is 11.7. The van der Waals surface area contributed by atoms with Crippen LogP contribution in [0.25, 0.3) is 0 Å². The van der Waals surface area contributed by atoms with Crippen molar-refractivity contribution >= 4 is 41.5 Å². The molecule has 132 valence electrons. The van der Waals surface area contributed by atoms with Crippen LogP contribution in [-0.2, 0) is 4.79 Å². The lowest BCUT2D eigenvalue weighted by molar-refractivity contribution is -0.114. The molecule has 0 saturated carbocycles. The van der Waals surface area contributed by atoms with E-state index in [4.69, 9.17) is 6.42 Å². The maximum atomic E-state index is 12.0. The number of carbonyl (C=O) groups is 1. The number of rotatable bonds is 7. The lowest BCUT2D eigenvalue weighted by atomic mass is 10.2. The molecule has 0 radical (unpaired) electrons. The predicted octanol–water partition coefficient (Wildman–Crippen LogP) is 2.92. The first-order valence-corrected chi connectivity index (χ1v) is 7.96. The SMILES string of the molecule is C#Cc1cccc(NC(=O)CN=C(NCC)N(C)CCCC)c1.I. The minimum atomic E-state index is -0.168. The second-order valence-electron chi connectivity index (χ2n) is 5.22. The van der Waals surface area contributed by atoms with Gasteiger partial charge in [0.1, 0.15) is 6.54 Å². The van der Waals surface area contributed by atoms with E-state index in [0.29, 0.717) is 5.69 Å². The Morgan fingerprint density at radius 1 is 1.38 bits per heavy atom. The van der Waals surface area contributed by atoms with Crippen molar-refractivity contribution < 1.29 is 4.79 Å². The molecule has 0 saturated heterocycles. The van der Waals surface area contributed by atoms with Crippen LogP contribution in [0.2, 0.25) is 0 Å². The average molecular weight is 442 g/mol. The Hall–Kier alpha value is -1.75. The highest BCUT2D eigenvalue weighted by Gasteiger charge is 2.07. The average Bonchev–Trinajstić information content (AvgIpc) is 2.56. The van der Waals surface area contributed by atoms with E-state index >= 15 is 0 Å². The lowest BCUT2D eigenvalue weighted by Gasteiger charge is -2.21. The number of anilines is 1. The van der Waals surface area contributed by atoms with Crippen LogP contribution in [0.1, 0.15) is 32.3 Å². The minimum Gasteiger partial charge on any atom is -0.357 e. The fourth-order valence-electron chi connectivity index (χ4n) is 2.00. The van der Waals surface area contributed by atoms with Gasteiger partial charge in [0, 0.05) is 31.4 Å². The van der Waals surface area contributed by atoms with E-state index in [1.54, 1.807) is 12.1 Å². The topological polar surface area (TPSA) is 56.7 Å². The van der Waals surface area contributed by atoms with Crippen molar-refractivity contribution in [3.8, 4) is 12.3 Å². The fraction of sp³-hybridized carbons (Fsp3) is 0.444. The zero-order chi connectivity index (χ0) is 17.1. The molecule has 24 heavy (non-hydrogen) atoms. The standard InChI is InChI=1S/C18H26N4O.HI/c1-5-8-12-22(4)18(19-7-3)20-14-17(23)21-16-11-9-10-15(6-2)13-16;/h2,9-11,13H,5,7-8,12,14H2,1,3-4H3,(H,19,20)(H,21,23);1H. The van der Waals surface area contributed by atoms with Crippen molar-refractivity contribution in [1.82, 2.24) is 10.2 Å². The van der Waals surface area contributed by atoms with Gasteiger partial charge in [-0.25, -0.2) is 4.99 Å². The first-order chi connectivity index (χ1) is 11.1. The first kappa shape index (κ1) is 22.2. The number of hydrogen-bond donors (Lipinski definition) is 2. The summed E-state index contributed by atoms with van der Waals surface area (Å²) in [6.07, 6.45) is 7.57. The number of nitrogens with one attached hydrogen (secondary N) is 2. The number of halogens is 1. The number of amides is 1. The Morgan fingerprint density at radius 3 is 2.75 bits per heavy atom. The summed E-state index contributed by atoms with van der Waals surface area (Å²) < 4.78 is 0. The van der Waals surface area contributed by atoms with Gasteiger partial charge < -0.3 is 15.5 Å². The van der Waals surface area contributed by atoms with Crippen molar-refractivity contribution in [2.45, 2.75) is 26.7 Å². The van der Waals surface area contributed by atoms with Crippen LogP contribution in [0.5, 0.6) is 0 Å². The molecule has 0 aliphatic heterocycles. The number of aliphatic imine (C=N–C) groups is 1. The van der Waals surface area contributed by atoms with E-state index in [-0.39, 0.29) is 36.4 Å². The van der Waals surface area contributed by atoms with Gasteiger partial charge >= 0.3 is 0 Å². The molecule has 1 amide bonds. The van der Waals surface area contributed by atoms with Crippen molar-refractivity contribution in [2.24, 2.45) is 4.99 Å². The molecule has 0 atom stereocenters. The molecule has 0 unspecified atom stereocenters. The molecular formula is C18H27IN4O. The summed E-state index contributed by atoms with van der Waals surface area (Å²) in [6.45, 7) is 5.90. The van der Waals surface area contributed by atoms with Gasteiger partial charge in [0.05, 0.1) is 0 Å². The van der Waals surface area contributed by atoms with Crippen LogP contribution < -0.4 is 10.6 Å². The molecule has 0 aromatic heterocycles. The number of nitrogens with zero attached hydrogens (tertiary/aromatic N) is 2. The van der Waals surface area contributed by atoms with Crippen LogP contribution in [-0.4, -0.2) is 43.4 Å². The Bertz CT molecular complexity index is 581. The van der Waals surface area contributed by atoms with Gasteiger partial charge in [0.15, 0.2) is 5.96 Å². The second kappa shape index (κ2) is 12.6. The summed E-state index contributed by atoms with van der Waals surface area (Å²) in [5, 5.41) is 6.01. The lowest BCUT2D eigenvalue weighted by Crippen LogP contribution is -2.40. The molecule has 0 bridgehead atoms. The fourth-order valence-corrected chi connectivity index (χ4v) is 2.00. The summed E-state index contributed by atoms with van der Waals surface area (Å²) in [5.74, 6) is 3.12. The molecule has 0 heterocycles. The number of carbonyl (C=O) groups excluding carboxylic acids is 1. The highest BCUT2D eigenvalue weighted by molar-refractivity contribution is 14.0. The Morgan fingerprint density at radius 2 is 2.12 bits per heavy atom. The monoisotopic (exact) mass is 442 g/mol. The van der Waals surface area contributed by atoms with E-state index in [1.165, 1.54) is 0 Å². The van der Waals surface area contributed by atoms with Crippen LogP contribution in [0.3, 0.4) is 0 Å². The summed E-state index contributed by atoms with van der Waals surface area (Å²) in [6, 6.07) is 7.21. The molecule has 5 nitrogen and oxygen atoms in total. The van der Waals surface area contributed by atoms with E-state index in [2.05, 4.69) is 28.5 Å². The third-order valence-corrected chi connectivity index (χ3v) is 3.23. The van der Waals surface area contributed by atoms with Gasteiger partial charge in [0.25, 0.3) is 0 Å². The smallest absolute Gasteiger partial charge is 0.246 e. The van der Waals surface area contributed by atoms with Gasteiger partial charge in [-0.05, 0) is 31.5 Å². The zero-order valence-electron chi connectivity index (χ0n) is 14.6. The van der Waals surface area contributed by atoms with E-state index in [0.717, 1.165) is 37.5 Å². The van der Waals surface area contributed by atoms with E-state index in [9.17, 15) is 4.79 Å². The molecule has 0 fully saturated rings. The normalized spacial score (nSPS) is 10.3. The van der Waals surface area contributed by atoms with Crippen molar-refractivity contribution in [3.63, 3.8) is 0 Å². The van der Waals surface area contributed by atoms with Crippen molar-refractivity contribution in [3.05, 3.63) is 29.8 Å². The van der Waals surface area contributed by atoms with Gasteiger partial charge in [-0.1, -0.05) is 25.3 Å². The number of unbranched alkanes of at least 4 members (excludes halogenated alkanes) is 1. The van der Waals surface area contributed by atoms with Crippen LogP contribution in [0, 0.1) is 12.3 Å². The van der Waals surface area contributed by atoms with Gasteiger partial charge in [-0.3, -0.25) is 4.79 Å². The van der Waals surface area contributed by atoms with Gasteiger partial charge in [-0.2, -0.15) is 0 Å². The first-order valence-electron chi connectivity index (χ1n) is 7.96. The predicted molar refractivity (Wildman–Crippen MR) is 112 cm³/mol. The molecule has 1 rings (SSSR count). The van der Waals surface area contributed by atoms with Crippen molar-refractivity contribution in [2.75, 3.05) is 32.0 Å². The Balaban J connectivity index is 0.00000529. The van der Waals surface area contributed by atoms with E-state index in [1.807, 2.05) is 31.0 Å². The molecule has 1 aromatic rings. The number of guanidine groups is 1. The third-order valence-electron chi connectivity index (χ3n) is 3.23. The summed E-state index contributed by atoms with van der Waals surface area (Å²) >= 11 is 0. The quantitative estimate of drug-likeness (QED) is 0.296. The minimum absolute atomic E-state index is 0. The molecule has 1 aromatic carbocycles. The highest BCUT2D eigenvalue weighted by Crippen LogP contribution is 2.09. The summed E-state index contributed by atoms with van der Waals surface area (Å²) in [5.41, 5.74) is 1.42. The van der Waals surface area contributed by atoms with Crippen LogP contribution in [0.15, 0.2) is 29.3 Å². The maximum absolute atomic E-state index is 12.0. The van der Waals surface area contributed by atoms with Gasteiger partial charge in [-0.15, -0.1) is 30.4 Å². The number of benzene rings is 1. The van der Waals surface area contributed by atoms with Crippen molar-refractivity contribution in [1.29, 1.82) is 0 Å².